The van der Waals surface area contributed by atoms with Crippen molar-refractivity contribution in [3.8, 4) is 6.07 Å². The summed E-state index contributed by atoms with van der Waals surface area (Å²) in [7, 11) is 0. The Morgan fingerprint density at radius 1 is 1.59 bits per heavy atom. The number of nitrogens with one attached hydrogen (secondary N) is 1. The van der Waals surface area contributed by atoms with Crippen LogP contribution in [0.2, 0.25) is 0 Å². The van der Waals surface area contributed by atoms with Crippen molar-refractivity contribution in [3.05, 3.63) is 35.5 Å². The Balaban J connectivity index is 2.50. The highest BCUT2D eigenvalue weighted by Crippen LogP contribution is 2.28. The summed E-state index contributed by atoms with van der Waals surface area (Å²) in [6, 6.07) is 7.57. The summed E-state index contributed by atoms with van der Waals surface area (Å²) >= 11 is 0. The summed E-state index contributed by atoms with van der Waals surface area (Å²) in [4.78, 5) is 13.7. The molecule has 2 N–H and O–H groups in total. The van der Waals surface area contributed by atoms with Crippen molar-refractivity contribution in [2.75, 3.05) is 0 Å². The van der Waals surface area contributed by atoms with Gasteiger partial charge in [-0.15, -0.1) is 0 Å². The van der Waals surface area contributed by atoms with E-state index in [1.807, 2.05) is 19.1 Å². The molecule has 4 heteroatoms. The van der Waals surface area contributed by atoms with Crippen molar-refractivity contribution in [1.82, 2.24) is 4.98 Å². The molecule has 17 heavy (non-hydrogen) atoms. The van der Waals surface area contributed by atoms with Gasteiger partial charge in [-0.25, -0.2) is 0 Å². The van der Waals surface area contributed by atoms with E-state index in [-0.39, 0.29) is 12.3 Å². The maximum atomic E-state index is 10.7. The van der Waals surface area contributed by atoms with Gasteiger partial charge in [0, 0.05) is 11.6 Å². The lowest BCUT2D eigenvalue weighted by atomic mass is 9.97. The first kappa shape index (κ1) is 11.2. The van der Waals surface area contributed by atoms with Gasteiger partial charge in [-0.1, -0.05) is 19.1 Å². The van der Waals surface area contributed by atoms with Crippen LogP contribution in [0.1, 0.15) is 30.4 Å². The maximum absolute atomic E-state index is 10.7. The number of nitriles is 1. The Bertz CT molecular complexity index is 607. The van der Waals surface area contributed by atoms with E-state index in [1.54, 1.807) is 12.3 Å². The Morgan fingerprint density at radius 3 is 3.00 bits per heavy atom. The van der Waals surface area contributed by atoms with Gasteiger partial charge in [-0.3, -0.25) is 4.79 Å². The fourth-order valence-corrected chi connectivity index (χ4v) is 2.05. The number of hydrogen-bond donors (Lipinski definition) is 2. The van der Waals surface area contributed by atoms with E-state index in [9.17, 15) is 4.79 Å². The smallest absolute Gasteiger partial charge is 0.303 e. The molecule has 0 fully saturated rings. The predicted molar refractivity (Wildman–Crippen MR) is 63.7 cm³/mol. The topological polar surface area (TPSA) is 76.9 Å². The van der Waals surface area contributed by atoms with E-state index in [0.29, 0.717) is 5.56 Å². The molecule has 1 aromatic heterocycles. The van der Waals surface area contributed by atoms with Crippen LogP contribution in [0, 0.1) is 11.3 Å². The van der Waals surface area contributed by atoms with Crippen LogP contribution in [0.15, 0.2) is 24.4 Å². The number of aromatic amines is 1. The van der Waals surface area contributed by atoms with Gasteiger partial charge in [-0.05, 0) is 17.5 Å². The number of aliphatic carboxylic acids is 1. The first-order valence-corrected chi connectivity index (χ1v) is 5.35. The lowest BCUT2D eigenvalue weighted by Crippen LogP contribution is -2.02. The van der Waals surface area contributed by atoms with Crippen LogP contribution < -0.4 is 0 Å². The molecule has 2 aromatic rings. The molecule has 2 rings (SSSR count). The molecule has 4 nitrogen and oxygen atoms in total. The van der Waals surface area contributed by atoms with Crippen molar-refractivity contribution < 1.29 is 9.90 Å². The van der Waals surface area contributed by atoms with E-state index in [1.165, 1.54) is 0 Å². The number of benzene rings is 1. The van der Waals surface area contributed by atoms with Gasteiger partial charge in [-0.2, -0.15) is 5.26 Å². The zero-order valence-electron chi connectivity index (χ0n) is 9.40. The molecule has 0 saturated carbocycles. The summed E-state index contributed by atoms with van der Waals surface area (Å²) in [6.45, 7) is 1.87. The fraction of sp³-hybridized carbons (Fsp3) is 0.231. The lowest BCUT2D eigenvalue weighted by Gasteiger charge is -2.06. The average Bonchev–Trinajstić information content (AvgIpc) is 2.71. The molecule has 1 unspecified atom stereocenters. The Labute approximate surface area is 98.5 Å². The van der Waals surface area contributed by atoms with Crippen LogP contribution in [-0.4, -0.2) is 16.1 Å². The molecule has 0 amide bonds. The van der Waals surface area contributed by atoms with Crippen LogP contribution in [0.25, 0.3) is 10.9 Å². The number of nitrogens with zero attached hydrogens (tertiary/aromatic N) is 1. The van der Waals surface area contributed by atoms with Crippen LogP contribution >= 0.6 is 0 Å². The van der Waals surface area contributed by atoms with E-state index in [4.69, 9.17) is 10.4 Å². The molecule has 0 bridgehead atoms. The molecule has 0 aliphatic carbocycles. The van der Waals surface area contributed by atoms with Crippen LogP contribution in [0.4, 0.5) is 0 Å². The van der Waals surface area contributed by atoms with E-state index >= 15 is 0 Å². The van der Waals surface area contributed by atoms with E-state index in [2.05, 4.69) is 11.1 Å². The number of carboxylic acid groups (broad SMARTS) is 1. The number of carboxylic acids is 1. The van der Waals surface area contributed by atoms with Gasteiger partial charge in [0.1, 0.15) is 6.07 Å². The number of fused-ring (bicyclic) bond motifs is 1. The van der Waals surface area contributed by atoms with Crippen molar-refractivity contribution in [2.24, 2.45) is 0 Å². The second-order valence-electron chi connectivity index (χ2n) is 4.08. The maximum Gasteiger partial charge on any atom is 0.303 e. The summed E-state index contributed by atoms with van der Waals surface area (Å²) in [5.74, 6) is -0.890. The summed E-state index contributed by atoms with van der Waals surface area (Å²) in [6.07, 6.45) is 1.88. The van der Waals surface area contributed by atoms with Crippen LogP contribution in [0.3, 0.4) is 0 Å². The third kappa shape index (κ3) is 2.00. The number of aromatic nitrogens is 1. The monoisotopic (exact) mass is 228 g/mol. The molecule has 0 spiro atoms. The lowest BCUT2D eigenvalue weighted by molar-refractivity contribution is -0.137. The third-order valence-corrected chi connectivity index (χ3v) is 2.88. The zero-order valence-corrected chi connectivity index (χ0v) is 9.40. The molecule has 0 radical (unpaired) electrons. The van der Waals surface area contributed by atoms with Crippen LogP contribution in [-0.2, 0) is 4.79 Å². The molecule has 0 saturated heterocycles. The van der Waals surface area contributed by atoms with E-state index < -0.39 is 5.97 Å². The van der Waals surface area contributed by atoms with Crippen molar-refractivity contribution in [3.63, 3.8) is 0 Å². The summed E-state index contributed by atoms with van der Waals surface area (Å²) in [5.41, 5.74) is 2.30. The minimum Gasteiger partial charge on any atom is -0.481 e. The normalized spacial score (nSPS) is 12.2. The molecular formula is C13H12N2O2. The van der Waals surface area contributed by atoms with E-state index in [0.717, 1.165) is 16.5 Å². The number of H-pyrrole nitrogens is 1. The Morgan fingerprint density at radius 2 is 2.35 bits per heavy atom. The van der Waals surface area contributed by atoms with Crippen molar-refractivity contribution in [2.45, 2.75) is 19.3 Å². The molecule has 1 aromatic carbocycles. The van der Waals surface area contributed by atoms with Gasteiger partial charge in [0.15, 0.2) is 0 Å². The largest absolute Gasteiger partial charge is 0.481 e. The highest BCUT2D eigenvalue weighted by Gasteiger charge is 2.15. The van der Waals surface area contributed by atoms with Crippen molar-refractivity contribution >= 4 is 16.9 Å². The van der Waals surface area contributed by atoms with Gasteiger partial charge in [0.2, 0.25) is 0 Å². The summed E-state index contributed by atoms with van der Waals surface area (Å²) < 4.78 is 0. The SMILES string of the molecule is CC(CC(=O)O)c1c[nH]c2c(C#N)cccc12. The molecule has 86 valence electrons. The second kappa shape index (κ2) is 4.30. The highest BCUT2D eigenvalue weighted by molar-refractivity contribution is 5.88. The Hall–Kier alpha value is -2.28. The third-order valence-electron chi connectivity index (χ3n) is 2.88. The van der Waals surface area contributed by atoms with Gasteiger partial charge in [0.25, 0.3) is 0 Å². The van der Waals surface area contributed by atoms with Crippen molar-refractivity contribution in [1.29, 1.82) is 5.26 Å². The second-order valence-corrected chi connectivity index (χ2v) is 4.08. The molecule has 1 atom stereocenters. The van der Waals surface area contributed by atoms with Crippen LogP contribution in [0.5, 0.6) is 0 Å². The van der Waals surface area contributed by atoms with Gasteiger partial charge in [0.05, 0.1) is 17.5 Å². The zero-order chi connectivity index (χ0) is 12.4. The fourth-order valence-electron chi connectivity index (χ4n) is 2.05. The minimum atomic E-state index is -0.816. The number of hydrogen-bond acceptors (Lipinski definition) is 2. The molecule has 1 heterocycles. The average molecular weight is 228 g/mol. The first-order valence-electron chi connectivity index (χ1n) is 5.35. The van der Waals surface area contributed by atoms with Gasteiger partial charge >= 0.3 is 5.97 Å². The predicted octanol–water partition coefficient (Wildman–Crippen LogP) is 2.62. The molecule has 0 aliphatic heterocycles. The molecule has 0 aliphatic rings. The highest BCUT2D eigenvalue weighted by atomic mass is 16.4. The first-order chi connectivity index (χ1) is 8.13. The Kier molecular flexibility index (Phi) is 2.84. The minimum absolute atomic E-state index is 0.0739. The molecular weight excluding hydrogens is 216 g/mol. The van der Waals surface area contributed by atoms with Gasteiger partial charge < -0.3 is 10.1 Å². The summed E-state index contributed by atoms with van der Waals surface area (Å²) in [5, 5.41) is 18.7. The standard InChI is InChI=1S/C13H12N2O2/c1-8(5-12(16)17)11-7-15-13-9(6-14)3-2-4-10(11)13/h2-4,7-8,15H,5H2,1H3,(H,16,17). The number of rotatable bonds is 3. The quantitative estimate of drug-likeness (QED) is 0.847. The number of para-hydroxylation sites is 1. The number of carbonyl (C=O) groups is 1.